The maximum absolute atomic E-state index is 5.77. The van der Waals surface area contributed by atoms with E-state index in [1.807, 2.05) is 0 Å². The molecule has 0 aromatic heterocycles. The lowest BCUT2D eigenvalue weighted by molar-refractivity contribution is -0.0264. The number of hydrogen-bond donors (Lipinski definition) is 1. The summed E-state index contributed by atoms with van der Waals surface area (Å²) in [5.41, 5.74) is 2.64. The summed E-state index contributed by atoms with van der Waals surface area (Å²) < 4.78 is 5.77. The van der Waals surface area contributed by atoms with Gasteiger partial charge in [-0.25, -0.2) is 0 Å². The maximum atomic E-state index is 5.77. The molecule has 1 heterocycles. The molecule has 18 heavy (non-hydrogen) atoms. The second kappa shape index (κ2) is 4.67. The minimum absolute atomic E-state index is 0.0315. The van der Waals surface area contributed by atoms with Crippen molar-refractivity contribution < 1.29 is 4.74 Å². The highest BCUT2D eigenvalue weighted by Gasteiger charge is 2.37. The van der Waals surface area contributed by atoms with E-state index in [9.17, 15) is 0 Å². The maximum Gasteiger partial charge on any atom is 0.0688 e. The van der Waals surface area contributed by atoms with Crippen molar-refractivity contribution in [3.05, 3.63) is 35.4 Å². The fourth-order valence-corrected chi connectivity index (χ4v) is 2.72. The summed E-state index contributed by atoms with van der Waals surface area (Å²) in [4.78, 5) is 0. The fourth-order valence-electron chi connectivity index (χ4n) is 2.72. The highest BCUT2D eigenvalue weighted by atomic mass is 16.5. The molecule has 1 aliphatic rings. The Labute approximate surface area is 111 Å². The Bertz CT molecular complexity index is 408. The fraction of sp³-hybridized carbons (Fsp3) is 0.625. The molecule has 0 aliphatic carbocycles. The summed E-state index contributed by atoms with van der Waals surface area (Å²) in [6.07, 6.45) is 0. The zero-order chi connectivity index (χ0) is 13.4. The van der Waals surface area contributed by atoms with Gasteiger partial charge >= 0.3 is 0 Å². The first-order valence-corrected chi connectivity index (χ1v) is 6.80. The molecule has 1 fully saturated rings. The average Bonchev–Trinajstić information content (AvgIpc) is 2.27. The summed E-state index contributed by atoms with van der Waals surface area (Å²) >= 11 is 0. The molecule has 2 rings (SSSR count). The molecule has 0 spiro atoms. The van der Waals surface area contributed by atoms with Crippen LogP contribution in [0.2, 0.25) is 0 Å². The van der Waals surface area contributed by atoms with Crippen molar-refractivity contribution >= 4 is 0 Å². The van der Waals surface area contributed by atoms with E-state index in [-0.39, 0.29) is 11.1 Å². The number of benzene rings is 1. The van der Waals surface area contributed by atoms with Crippen LogP contribution in [-0.4, -0.2) is 18.8 Å². The van der Waals surface area contributed by atoms with E-state index in [0.29, 0.717) is 5.92 Å². The van der Waals surface area contributed by atoms with Crippen LogP contribution in [0.25, 0.3) is 0 Å². The van der Waals surface area contributed by atoms with Gasteiger partial charge in [0.25, 0.3) is 0 Å². The average molecular weight is 247 g/mol. The van der Waals surface area contributed by atoms with Crippen molar-refractivity contribution in [1.29, 1.82) is 0 Å². The molecular formula is C16H25NO. The molecule has 0 amide bonds. The minimum Gasteiger partial charge on any atom is -0.377 e. The smallest absolute Gasteiger partial charge is 0.0688 e. The number of nitrogens with one attached hydrogen (secondary N) is 1. The van der Waals surface area contributed by atoms with Gasteiger partial charge in [-0.15, -0.1) is 0 Å². The summed E-state index contributed by atoms with van der Waals surface area (Å²) in [6.45, 7) is 12.5. The van der Waals surface area contributed by atoms with Gasteiger partial charge in [0.15, 0.2) is 0 Å². The molecule has 0 bridgehead atoms. The zero-order valence-electron chi connectivity index (χ0n) is 12.2. The van der Waals surface area contributed by atoms with E-state index < -0.39 is 0 Å². The van der Waals surface area contributed by atoms with Gasteiger partial charge < -0.3 is 4.74 Å². The molecule has 1 atom stereocenters. The van der Waals surface area contributed by atoms with E-state index in [1.165, 1.54) is 11.1 Å². The quantitative estimate of drug-likeness (QED) is 0.864. The SMILES string of the molecule is CC(C)c1ccc(C2(C)COCC(C)(C)N2)cc1. The predicted molar refractivity (Wildman–Crippen MR) is 75.9 cm³/mol. The third kappa shape index (κ3) is 2.76. The number of morpholine rings is 1. The molecule has 2 nitrogen and oxygen atoms in total. The molecule has 1 N–H and O–H groups in total. The van der Waals surface area contributed by atoms with Gasteiger partial charge in [-0.2, -0.15) is 0 Å². The normalized spacial score (nSPS) is 27.4. The molecule has 1 saturated heterocycles. The van der Waals surface area contributed by atoms with Crippen molar-refractivity contribution in [3.8, 4) is 0 Å². The molecule has 2 heteroatoms. The van der Waals surface area contributed by atoms with Crippen molar-refractivity contribution in [1.82, 2.24) is 5.32 Å². The van der Waals surface area contributed by atoms with Gasteiger partial charge in [-0.3, -0.25) is 5.32 Å². The summed E-state index contributed by atoms with van der Waals surface area (Å²) in [5.74, 6) is 0.582. The summed E-state index contributed by atoms with van der Waals surface area (Å²) in [6, 6.07) is 8.92. The van der Waals surface area contributed by atoms with Crippen LogP contribution in [0.15, 0.2) is 24.3 Å². The van der Waals surface area contributed by atoms with E-state index in [4.69, 9.17) is 4.74 Å². The first kappa shape index (κ1) is 13.6. The third-order valence-corrected chi connectivity index (χ3v) is 3.68. The van der Waals surface area contributed by atoms with Gasteiger partial charge in [0.05, 0.1) is 18.8 Å². The molecule has 100 valence electrons. The molecule has 1 unspecified atom stereocenters. The van der Waals surface area contributed by atoms with Crippen LogP contribution in [-0.2, 0) is 10.3 Å². The van der Waals surface area contributed by atoms with Gasteiger partial charge in [-0.1, -0.05) is 38.1 Å². The van der Waals surface area contributed by atoms with Gasteiger partial charge in [-0.05, 0) is 37.8 Å². The Balaban J connectivity index is 2.24. The Morgan fingerprint density at radius 3 is 2.17 bits per heavy atom. The van der Waals surface area contributed by atoms with E-state index >= 15 is 0 Å². The highest BCUT2D eigenvalue weighted by molar-refractivity contribution is 5.30. The van der Waals surface area contributed by atoms with Crippen LogP contribution < -0.4 is 5.32 Å². The summed E-state index contributed by atoms with van der Waals surface area (Å²) in [7, 11) is 0. The Morgan fingerprint density at radius 1 is 1.06 bits per heavy atom. The van der Waals surface area contributed by atoms with Crippen molar-refractivity contribution in [2.75, 3.05) is 13.2 Å². The Morgan fingerprint density at radius 2 is 1.67 bits per heavy atom. The zero-order valence-corrected chi connectivity index (χ0v) is 12.2. The lowest BCUT2D eigenvalue weighted by Gasteiger charge is -2.44. The molecule has 1 aliphatic heterocycles. The molecule has 1 aromatic rings. The molecule has 0 radical (unpaired) electrons. The lowest BCUT2D eigenvalue weighted by atomic mass is 9.86. The van der Waals surface area contributed by atoms with Crippen LogP contribution in [0, 0.1) is 0 Å². The van der Waals surface area contributed by atoms with Crippen LogP contribution in [0.1, 0.15) is 51.7 Å². The Hall–Kier alpha value is -0.860. The van der Waals surface area contributed by atoms with Gasteiger partial charge in [0.2, 0.25) is 0 Å². The van der Waals surface area contributed by atoms with Crippen LogP contribution in [0.5, 0.6) is 0 Å². The highest BCUT2D eigenvalue weighted by Crippen LogP contribution is 2.29. The largest absolute Gasteiger partial charge is 0.377 e. The van der Waals surface area contributed by atoms with E-state index in [0.717, 1.165) is 13.2 Å². The van der Waals surface area contributed by atoms with E-state index in [2.05, 4.69) is 64.2 Å². The first-order chi connectivity index (χ1) is 8.32. The second-order valence-corrected chi connectivity index (χ2v) is 6.61. The monoisotopic (exact) mass is 247 g/mol. The van der Waals surface area contributed by atoms with Crippen molar-refractivity contribution in [2.24, 2.45) is 0 Å². The second-order valence-electron chi connectivity index (χ2n) is 6.61. The lowest BCUT2D eigenvalue weighted by Crippen LogP contribution is -2.60. The summed E-state index contributed by atoms with van der Waals surface area (Å²) in [5, 5.41) is 3.71. The van der Waals surface area contributed by atoms with Crippen LogP contribution in [0.4, 0.5) is 0 Å². The van der Waals surface area contributed by atoms with Gasteiger partial charge in [0, 0.05) is 5.54 Å². The molecule has 0 saturated carbocycles. The molecular weight excluding hydrogens is 222 g/mol. The van der Waals surface area contributed by atoms with E-state index in [1.54, 1.807) is 0 Å². The Kier molecular flexibility index (Phi) is 3.52. The van der Waals surface area contributed by atoms with Crippen molar-refractivity contribution in [2.45, 2.75) is 51.6 Å². The number of rotatable bonds is 2. The topological polar surface area (TPSA) is 21.3 Å². The molecule has 1 aromatic carbocycles. The first-order valence-electron chi connectivity index (χ1n) is 6.80. The number of hydrogen-bond acceptors (Lipinski definition) is 2. The van der Waals surface area contributed by atoms with Crippen molar-refractivity contribution in [3.63, 3.8) is 0 Å². The van der Waals surface area contributed by atoms with Crippen LogP contribution >= 0.6 is 0 Å². The van der Waals surface area contributed by atoms with Gasteiger partial charge in [0.1, 0.15) is 0 Å². The minimum atomic E-state index is -0.0861. The third-order valence-electron chi connectivity index (χ3n) is 3.68. The predicted octanol–water partition coefficient (Wildman–Crippen LogP) is 3.42. The number of ether oxygens (including phenoxy) is 1. The standard InChI is InChI=1S/C16H25NO/c1-12(2)13-6-8-14(9-7-13)16(5)11-18-10-15(3,4)17-16/h6-9,12,17H,10-11H2,1-5H3. The van der Waals surface area contributed by atoms with Crippen LogP contribution in [0.3, 0.4) is 0 Å².